The van der Waals surface area contributed by atoms with Gasteiger partial charge in [-0.1, -0.05) is 208 Å². The molecular weight excluding hydrogens is 834 g/mol. The number of allylic oxidation sites excluding steroid dienone is 14. The first-order valence-electron chi connectivity index (χ1n) is 26.1. The van der Waals surface area contributed by atoms with Crippen molar-refractivity contribution in [2.45, 2.75) is 225 Å². The molecule has 0 aromatic rings. The summed E-state index contributed by atoms with van der Waals surface area (Å²) in [6, 6.07) is 0. The highest BCUT2D eigenvalue weighted by atomic mass is 31.2. The molecule has 0 saturated carbocycles. The van der Waals surface area contributed by atoms with Crippen LogP contribution in [-0.2, 0) is 32.7 Å². The molecule has 0 saturated heterocycles. The van der Waals surface area contributed by atoms with Crippen LogP contribution >= 0.6 is 7.82 Å². The number of hydrogen-bond donors (Lipinski definition) is 2. The van der Waals surface area contributed by atoms with Crippen LogP contribution < -0.4 is 5.73 Å². The van der Waals surface area contributed by atoms with Crippen LogP contribution in [0.1, 0.15) is 219 Å². The zero-order valence-corrected chi connectivity index (χ0v) is 42.3. The molecule has 2 atom stereocenters. The fourth-order valence-electron chi connectivity index (χ4n) is 6.99. The number of nitrogens with two attached hydrogens (primary N) is 1. The number of rotatable bonds is 48. The monoisotopic (exact) mass is 930 g/mol. The first-order valence-corrected chi connectivity index (χ1v) is 27.6. The van der Waals surface area contributed by atoms with Crippen LogP contribution in [0.25, 0.3) is 0 Å². The summed E-state index contributed by atoms with van der Waals surface area (Å²) in [5.41, 5.74) is 5.37. The third-order valence-corrected chi connectivity index (χ3v) is 11.8. The highest BCUT2D eigenvalue weighted by molar-refractivity contribution is 7.47. The predicted octanol–water partition coefficient (Wildman–Crippen LogP) is 16.0. The molecule has 0 rings (SSSR count). The molecule has 0 aromatic heterocycles. The van der Waals surface area contributed by atoms with Crippen molar-refractivity contribution in [3.05, 3.63) is 85.1 Å². The van der Waals surface area contributed by atoms with E-state index in [2.05, 4.69) is 98.9 Å². The molecule has 0 aliphatic rings. The summed E-state index contributed by atoms with van der Waals surface area (Å²) in [5.74, 6) is -0.848. The van der Waals surface area contributed by atoms with Crippen molar-refractivity contribution >= 4 is 19.8 Å². The van der Waals surface area contributed by atoms with Crippen molar-refractivity contribution in [3.8, 4) is 0 Å². The number of ether oxygens (including phenoxy) is 2. The van der Waals surface area contributed by atoms with E-state index < -0.39 is 32.5 Å². The van der Waals surface area contributed by atoms with Crippen LogP contribution in [0.3, 0.4) is 0 Å². The lowest BCUT2D eigenvalue weighted by molar-refractivity contribution is -0.161. The summed E-state index contributed by atoms with van der Waals surface area (Å²) in [7, 11) is -4.39. The molecule has 0 bridgehead atoms. The van der Waals surface area contributed by atoms with Crippen LogP contribution in [0.5, 0.6) is 0 Å². The second-order valence-electron chi connectivity index (χ2n) is 17.0. The van der Waals surface area contributed by atoms with Crippen LogP contribution in [0.2, 0.25) is 0 Å². The molecule has 0 radical (unpaired) electrons. The highest BCUT2D eigenvalue weighted by Crippen LogP contribution is 2.43. The van der Waals surface area contributed by atoms with Gasteiger partial charge in [0.1, 0.15) is 6.61 Å². The average Bonchev–Trinajstić information content (AvgIpc) is 3.30. The van der Waals surface area contributed by atoms with E-state index in [1.807, 2.05) is 0 Å². The molecular formula is C55H96NO8P. The van der Waals surface area contributed by atoms with Crippen molar-refractivity contribution in [2.24, 2.45) is 5.73 Å². The van der Waals surface area contributed by atoms with Gasteiger partial charge in [0.15, 0.2) is 6.10 Å². The van der Waals surface area contributed by atoms with Gasteiger partial charge in [-0.15, -0.1) is 0 Å². The van der Waals surface area contributed by atoms with Crippen molar-refractivity contribution in [1.82, 2.24) is 0 Å². The smallest absolute Gasteiger partial charge is 0.462 e. The maximum absolute atomic E-state index is 12.7. The third-order valence-electron chi connectivity index (χ3n) is 10.8. The molecule has 65 heavy (non-hydrogen) atoms. The number of carbonyl (C=O) groups is 2. The summed E-state index contributed by atoms with van der Waals surface area (Å²) in [5, 5.41) is 0. The number of phosphoric ester groups is 1. The van der Waals surface area contributed by atoms with E-state index in [4.69, 9.17) is 24.3 Å². The Morgan fingerprint density at radius 3 is 1.18 bits per heavy atom. The Hall–Kier alpha value is -2.81. The van der Waals surface area contributed by atoms with Gasteiger partial charge in [0, 0.05) is 19.4 Å². The minimum Gasteiger partial charge on any atom is -0.462 e. The molecule has 2 unspecified atom stereocenters. The quantitative estimate of drug-likeness (QED) is 0.0265. The van der Waals surface area contributed by atoms with Gasteiger partial charge in [0.25, 0.3) is 0 Å². The highest BCUT2D eigenvalue weighted by Gasteiger charge is 2.26. The Balaban J connectivity index is 3.98. The number of hydrogen-bond acceptors (Lipinski definition) is 8. The predicted molar refractivity (Wildman–Crippen MR) is 275 cm³/mol. The molecule has 0 amide bonds. The van der Waals surface area contributed by atoms with Gasteiger partial charge in [-0.2, -0.15) is 0 Å². The minimum absolute atomic E-state index is 0.0479. The van der Waals surface area contributed by atoms with E-state index in [-0.39, 0.29) is 32.6 Å². The standard InChI is InChI=1S/C55H96NO8P/c1-3-5-7-9-11-13-15-17-19-20-21-22-23-24-25-26-27-28-29-30-31-32-34-36-38-40-42-44-46-48-55(58)64-53(52-63-65(59,60)62-50-49-56)51-61-54(57)47-45-43-41-39-37-35-33-18-16-14-12-10-8-6-4-2/h5-8,11-14,17-19,21-22,33,53H,3-4,9-10,15-16,20,23-32,34-52,56H2,1-2H3,(H,59,60)/b7-5-,8-6-,13-11-,14-12-,19-17-,22-21-,33-18-. The van der Waals surface area contributed by atoms with E-state index in [9.17, 15) is 19.0 Å². The minimum atomic E-state index is -4.39. The Labute approximate surface area is 398 Å². The summed E-state index contributed by atoms with van der Waals surface area (Å²) in [6.45, 7) is 3.50. The van der Waals surface area contributed by atoms with Gasteiger partial charge in [-0.25, -0.2) is 4.57 Å². The zero-order chi connectivity index (χ0) is 47.4. The number of phosphoric acid groups is 1. The zero-order valence-electron chi connectivity index (χ0n) is 41.4. The van der Waals surface area contributed by atoms with Crippen molar-refractivity contribution in [3.63, 3.8) is 0 Å². The van der Waals surface area contributed by atoms with Crippen LogP contribution in [-0.4, -0.2) is 49.3 Å². The van der Waals surface area contributed by atoms with Gasteiger partial charge in [0.2, 0.25) is 0 Å². The Morgan fingerprint density at radius 1 is 0.462 bits per heavy atom. The summed E-state index contributed by atoms with van der Waals surface area (Å²) in [6.07, 6.45) is 64.9. The molecule has 0 spiro atoms. The Bertz CT molecular complexity index is 1340. The first-order chi connectivity index (χ1) is 31.8. The van der Waals surface area contributed by atoms with Gasteiger partial charge in [-0.05, 0) is 83.5 Å². The second-order valence-corrected chi connectivity index (χ2v) is 18.4. The third kappa shape index (κ3) is 50.4. The van der Waals surface area contributed by atoms with E-state index >= 15 is 0 Å². The van der Waals surface area contributed by atoms with Gasteiger partial charge < -0.3 is 20.1 Å². The van der Waals surface area contributed by atoms with Gasteiger partial charge >= 0.3 is 19.8 Å². The Morgan fingerprint density at radius 2 is 0.800 bits per heavy atom. The van der Waals surface area contributed by atoms with Crippen LogP contribution in [0.15, 0.2) is 85.1 Å². The lowest BCUT2D eigenvalue weighted by atomic mass is 10.0. The van der Waals surface area contributed by atoms with Crippen molar-refractivity contribution in [2.75, 3.05) is 26.4 Å². The molecule has 9 nitrogen and oxygen atoms in total. The lowest BCUT2D eigenvalue weighted by Gasteiger charge is -2.19. The van der Waals surface area contributed by atoms with E-state index in [0.29, 0.717) is 12.8 Å². The molecule has 0 aliphatic carbocycles. The average molecular weight is 930 g/mol. The second kappa shape index (κ2) is 50.6. The topological polar surface area (TPSA) is 134 Å². The maximum atomic E-state index is 12.7. The number of esters is 2. The summed E-state index contributed by atoms with van der Waals surface area (Å²) < 4.78 is 32.9. The molecule has 3 N–H and O–H groups in total. The first kappa shape index (κ1) is 62.2. The summed E-state index contributed by atoms with van der Waals surface area (Å²) >= 11 is 0. The molecule has 374 valence electrons. The SMILES string of the molecule is CC/C=C\C/C=C\C/C=C\C/C=C\CCCCCCCCCCCCCCCCCCC(=O)OC(COC(=O)CCCCCCC/C=C\C/C=C\C/C=C\CC)COP(=O)(O)OCCN. The van der Waals surface area contributed by atoms with E-state index in [1.165, 1.54) is 83.5 Å². The normalized spacial score (nSPS) is 13.8. The fraction of sp³-hybridized carbons (Fsp3) is 0.709. The largest absolute Gasteiger partial charge is 0.472 e. The molecule has 0 heterocycles. The Kier molecular flexibility index (Phi) is 48.4. The van der Waals surface area contributed by atoms with E-state index in [0.717, 1.165) is 96.3 Å². The number of carbonyl (C=O) groups excluding carboxylic acids is 2. The lowest BCUT2D eigenvalue weighted by Crippen LogP contribution is -2.29. The molecule has 0 aromatic carbocycles. The van der Waals surface area contributed by atoms with Gasteiger partial charge in [0.05, 0.1) is 13.2 Å². The number of unbranched alkanes of at least 4 members (excludes halogenated alkanes) is 21. The molecule has 0 aliphatic heterocycles. The fourth-order valence-corrected chi connectivity index (χ4v) is 7.76. The van der Waals surface area contributed by atoms with Crippen molar-refractivity contribution < 1.29 is 37.6 Å². The molecule has 10 heteroatoms. The maximum Gasteiger partial charge on any atom is 0.472 e. The van der Waals surface area contributed by atoms with E-state index in [1.54, 1.807) is 0 Å². The van der Waals surface area contributed by atoms with Crippen LogP contribution in [0.4, 0.5) is 0 Å². The summed E-state index contributed by atoms with van der Waals surface area (Å²) in [4.78, 5) is 35.0. The molecule has 0 fully saturated rings. The van der Waals surface area contributed by atoms with Crippen molar-refractivity contribution in [1.29, 1.82) is 0 Å². The van der Waals surface area contributed by atoms with Gasteiger partial charge in [-0.3, -0.25) is 18.6 Å². The van der Waals surface area contributed by atoms with Crippen LogP contribution in [0, 0.1) is 0 Å².